The van der Waals surface area contributed by atoms with Crippen LogP contribution in [0.4, 0.5) is 0 Å². The molecule has 0 unspecified atom stereocenters. The van der Waals surface area contributed by atoms with E-state index in [9.17, 15) is 0 Å². The van der Waals surface area contributed by atoms with E-state index in [1.807, 2.05) is 0 Å². The summed E-state index contributed by atoms with van der Waals surface area (Å²) in [6.07, 6.45) is 14.6. The molecule has 1 saturated carbocycles. The van der Waals surface area contributed by atoms with Crippen LogP contribution in [0.5, 0.6) is 0 Å². The van der Waals surface area contributed by atoms with Crippen LogP contribution in [0.15, 0.2) is 17.7 Å². The fraction of sp³-hybridized carbons (Fsp3) is 0.600. The van der Waals surface area contributed by atoms with Gasteiger partial charge < -0.3 is 48.0 Å². The van der Waals surface area contributed by atoms with Gasteiger partial charge in [-0.1, -0.05) is 12.8 Å². The first kappa shape index (κ1) is 17.2. The second-order valence-electron chi connectivity index (χ2n) is 3.22. The first-order chi connectivity index (χ1) is 4.97. The van der Waals surface area contributed by atoms with Crippen LogP contribution < -0.4 is 48.0 Å². The summed E-state index contributed by atoms with van der Waals surface area (Å²) in [5.41, 5.74) is 1.50. The van der Waals surface area contributed by atoms with E-state index in [1.165, 1.54) is 31.3 Å². The molecule has 0 N–H and O–H groups in total. The predicted octanol–water partition coefficient (Wildman–Crippen LogP) is -3.13. The van der Waals surface area contributed by atoms with Gasteiger partial charge in [0.05, 0.1) is 0 Å². The van der Waals surface area contributed by atoms with E-state index in [4.69, 9.17) is 0 Å². The Morgan fingerprint density at radius 3 is 2.23 bits per heavy atom. The Kier molecular flexibility index (Phi) is 12.0. The zero-order valence-corrected chi connectivity index (χ0v) is 14.3. The van der Waals surface area contributed by atoms with Crippen molar-refractivity contribution in [3.8, 4) is 0 Å². The Morgan fingerprint density at radius 1 is 1.15 bits per heavy atom. The van der Waals surface area contributed by atoms with Crippen LogP contribution in [0, 0.1) is 12.0 Å². The average molecular weight is 478 g/mol. The number of rotatable bonds is 1. The molecule has 1 fully saturated rings. The molecular weight excluding hydrogens is 465 g/mol. The fourth-order valence-electron chi connectivity index (χ4n) is 1.94. The molecular formula is C10H13I2Zr. The molecule has 0 spiro atoms. The predicted molar refractivity (Wildman–Crippen MR) is 42.5 cm³/mol. The molecule has 0 atom stereocenters. The van der Waals surface area contributed by atoms with Crippen molar-refractivity contribution in [3.63, 3.8) is 0 Å². The monoisotopic (exact) mass is 477 g/mol. The van der Waals surface area contributed by atoms with E-state index < -0.39 is 0 Å². The van der Waals surface area contributed by atoms with Gasteiger partial charge in [0.2, 0.25) is 0 Å². The van der Waals surface area contributed by atoms with Crippen molar-refractivity contribution in [2.24, 2.45) is 5.92 Å². The Hall–Kier alpha value is 1.82. The molecule has 0 bridgehead atoms. The normalized spacial score (nSPS) is 19.8. The molecule has 2 aliphatic carbocycles. The van der Waals surface area contributed by atoms with Crippen molar-refractivity contribution in [2.75, 3.05) is 0 Å². The molecule has 13 heavy (non-hydrogen) atoms. The molecule has 71 valence electrons. The summed E-state index contributed by atoms with van der Waals surface area (Å²) in [6, 6.07) is 0. The van der Waals surface area contributed by atoms with Crippen molar-refractivity contribution in [2.45, 2.75) is 32.1 Å². The number of halogens is 2. The number of hydrogen-bond acceptors (Lipinski definition) is 0. The second kappa shape index (κ2) is 9.08. The van der Waals surface area contributed by atoms with Gasteiger partial charge in [0.1, 0.15) is 0 Å². The van der Waals surface area contributed by atoms with Crippen molar-refractivity contribution in [3.05, 3.63) is 23.8 Å². The van der Waals surface area contributed by atoms with Gasteiger partial charge in [0, 0.05) is 0 Å². The minimum Gasteiger partial charge on any atom is -1.00 e. The smallest absolute Gasteiger partial charge is 1.00 e. The van der Waals surface area contributed by atoms with Gasteiger partial charge in [0.15, 0.2) is 0 Å². The van der Waals surface area contributed by atoms with Gasteiger partial charge in [-0.25, -0.2) is 11.6 Å². The first-order valence-electron chi connectivity index (χ1n) is 4.24. The summed E-state index contributed by atoms with van der Waals surface area (Å²) < 4.78 is 0. The average Bonchev–Trinajstić information content (AvgIpc) is 2.59. The van der Waals surface area contributed by atoms with E-state index in [2.05, 4.69) is 18.2 Å². The van der Waals surface area contributed by atoms with E-state index in [-0.39, 0.29) is 74.2 Å². The van der Waals surface area contributed by atoms with Gasteiger partial charge in [-0.05, 0) is 18.8 Å². The minimum atomic E-state index is 0. The van der Waals surface area contributed by atoms with Crippen molar-refractivity contribution < 1.29 is 74.2 Å². The van der Waals surface area contributed by atoms with Gasteiger partial charge in [-0.2, -0.15) is 6.08 Å². The molecule has 0 aromatic rings. The van der Waals surface area contributed by atoms with Crippen molar-refractivity contribution in [1.29, 1.82) is 0 Å². The van der Waals surface area contributed by atoms with Crippen LogP contribution in [-0.2, 0) is 26.2 Å². The Morgan fingerprint density at radius 2 is 1.77 bits per heavy atom. The number of hydrogen-bond donors (Lipinski definition) is 0. The molecule has 0 heterocycles. The van der Waals surface area contributed by atoms with Crippen LogP contribution in [0.25, 0.3) is 0 Å². The molecule has 2 aliphatic rings. The summed E-state index contributed by atoms with van der Waals surface area (Å²) in [5.74, 6) is 0.874. The van der Waals surface area contributed by atoms with Crippen LogP contribution in [0.1, 0.15) is 32.1 Å². The van der Waals surface area contributed by atoms with Crippen molar-refractivity contribution in [1.82, 2.24) is 0 Å². The Labute approximate surface area is 134 Å². The SMILES string of the molecule is [C-]1=C(C2CCCC2)C=CC1.[I-].[I-].[Zr+3]. The van der Waals surface area contributed by atoms with Gasteiger partial charge in [-0.15, -0.1) is 6.42 Å². The Bertz CT molecular complexity index is 181. The molecule has 0 amide bonds. The van der Waals surface area contributed by atoms with Gasteiger partial charge in [0.25, 0.3) is 0 Å². The molecule has 0 aromatic carbocycles. The van der Waals surface area contributed by atoms with E-state index in [1.54, 1.807) is 0 Å². The topological polar surface area (TPSA) is 0 Å². The largest absolute Gasteiger partial charge is 3.00 e. The van der Waals surface area contributed by atoms with E-state index in [0.29, 0.717) is 0 Å². The van der Waals surface area contributed by atoms with E-state index >= 15 is 0 Å². The molecule has 0 saturated heterocycles. The summed E-state index contributed by atoms with van der Waals surface area (Å²) in [5, 5.41) is 0. The fourth-order valence-corrected chi connectivity index (χ4v) is 1.94. The van der Waals surface area contributed by atoms with Crippen LogP contribution >= 0.6 is 0 Å². The molecule has 0 nitrogen and oxygen atoms in total. The Balaban J connectivity index is 0. The van der Waals surface area contributed by atoms with Gasteiger partial charge in [-0.3, -0.25) is 6.08 Å². The zero-order chi connectivity index (χ0) is 6.81. The van der Waals surface area contributed by atoms with Crippen LogP contribution in [-0.4, -0.2) is 0 Å². The standard InChI is InChI=1S/C10H13.2HI.Zr/c1-2-6-9(5-1)10-7-3-4-8-10;;;/h1,5,10H,2-4,7-8H2;2*1H;/q-1;;;+3/p-2. The molecule has 3 heteroatoms. The first-order valence-corrected chi connectivity index (χ1v) is 4.24. The molecule has 0 aromatic heterocycles. The summed E-state index contributed by atoms with van der Waals surface area (Å²) in [4.78, 5) is 0. The summed E-state index contributed by atoms with van der Waals surface area (Å²) in [7, 11) is 0. The maximum atomic E-state index is 3.40. The maximum Gasteiger partial charge on any atom is 3.00 e. The molecule has 1 radical (unpaired) electrons. The molecule has 2 rings (SSSR count). The minimum absolute atomic E-state index is 0. The van der Waals surface area contributed by atoms with Crippen LogP contribution in [0.2, 0.25) is 0 Å². The number of allylic oxidation sites excluding steroid dienone is 4. The van der Waals surface area contributed by atoms with Crippen molar-refractivity contribution >= 4 is 0 Å². The quantitative estimate of drug-likeness (QED) is 0.277. The summed E-state index contributed by atoms with van der Waals surface area (Å²) in [6.45, 7) is 0. The summed E-state index contributed by atoms with van der Waals surface area (Å²) >= 11 is 0. The molecule has 0 aliphatic heterocycles. The third-order valence-electron chi connectivity index (χ3n) is 2.52. The third-order valence-corrected chi connectivity index (χ3v) is 2.52. The van der Waals surface area contributed by atoms with E-state index in [0.717, 1.165) is 12.3 Å². The third kappa shape index (κ3) is 4.92. The van der Waals surface area contributed by atoms with Crippen LogP contribution in [0.3, 0.4) is 0 Å². The second-order valence-corrected chi connectivity index (χ2v) is 3.22. The zero-order valence-electron chi connectivity index (χ0n) is 7.52. The maximum absolute atomic E-state index is 3.40. The van der Waals surface area contributed by atoms with Gasteiger partial charge >= 0.3 is 26.2 Å².